The monoisotopic (exact) mass is 297 g/mol. The summed E-state index contributed by atoms with van der Waals surface area (Å²) in [6.45, 7) is 1.88. The van der Waals surface area contributed by atoms with Crippen LogP contribution in [0.25, 0.3) is 11.3 Å². The Bertz CT molecular complexity index is 659. The molecular formula is C15H14F3NO2. The highest BCUT2D eigenvalue weighted by molar-refractivity contribution is 5.91. The molecule has 1 heterocycles. The number of carbonyl (C=O) groups is 1. The average molecular weight is 297 g/mol. The lowest BCUT2D eigenvalue weighted by Crippen LogP contribution is -2.07. The van der Waals surface area contributed by atoms with Crippen molar-refractivity contribution < 1.29 is 22.7 Å². The molecule has 0 spiro atoms. The first kappa shape index (κ1) is 15.2. The van der Waals surface area contributed by atoms with E-state index in [1.165, 1.54) is 35.0 Å². The molecule has 0 saturated heterocycles. The predicted molar refractivity (Wildman–Crippen MR) is 71.8 cm³/mol. The summed E-state index contributed by atoms with van der Waals surface area (Å²) in [6, 6.07) is 6.67. The van der Waals surface area contributed by atoms with Gasteiger partial charge in [0, 0.05) is 24.5 Å². The van der Waals surface area contributed by atoms with Gasteiger partial charge in [-0.15, -0.1) is 0 Å². The van der Waals surface area contributed by atoms with Gasteiger partial charge in [-0.05, 0) is 19.1 Å². The number of hydrogen-bond acceptors (Lipinski definition) is 2. The first-order chi connectivity index (χ1) is 9.84. The molecule has 0 aliphatic rings. The molecule has 0 fully saturated rings. The van der Waals surface area contributed by atoms with Gasteiger partial charge >= 0.3 is 12.1 Å². The Labute approximate surface area is 120 Å². The minimum atomic E-state index is -4.45. The lowest BCUT2D eigenvalue weighted by Gasteiger charge is -2.13. The Balaban J connectivity index is 2.51. The van der Waals surface area contributed by atoms with E-state index in [2.05, 4.69) is 0 Å². The lowest BCUT2D eigenvalue weighted by molar-refractivity contribution is -0.137. The van der Waals surface area contributed by atoms with E-state index in [0.29, 0.717) is 5.69 Å². The number of nitrogens with zero attached hydrogens (tertiary/aromatic N) is 1. The summed E-state index contributed by atoms with van der Waals surface area (Å²) in [5, 5.41) is 0. The Morgan fingerprint density at radius 3 is 2.57 bits per heavy atom. The van der Waals surface area contributed by atoms with Gasteiger partial charge in [-0.3, -0.25) is 0 Å². The number of aryl methyl sites for hydroxylation is 1. The highest BCUT2D eigenvalue weighted by atomic mass is 19.4. The smallest absolute Gasteiger partial charge is 0.417 e. The van der Waals surface area contributed by atoms with Gasteiger partial charge in [0.2, 0.25) is 0 Å². The van der Waals surface area contributed by atoms with Gasteiger partial charge in [-0.2, -0.15) is 13.2 Å². The SMILES string of the molecule is CCOC(=O)c1cc(-c2ccccc2C(F)(F)F)n(C)c1. The molecule has 2 rings (SSSR count). The molecule has 112 valence electrons. The number of aromatic nitrogens is 1. The predicted octanol–water partition coefficient (Wildman–Crippen LogP) is 3.89. The van der Waals surface area contributed by atoms with Gasteiger partial charge in [0.1, 0.15) is 0 Å². The fourth-order valence-corrected chi connectivity index (χ4v) is 2.11. The highest BCUT2D eigenvalue weighted by Crippen LogP contribution is 2.37. The second-order valence-electron chi connectivity index (χ2n) is 4.49. The van der Waals surface area contributed by atoms with Crippen LogP contribution in [0.15, 0.2) is 36.5 Å². The second kappa shape index (κ2) is 5.63. The van der Waals surface area contributed by atoms with E-state index in [1.807, 2.05) is 0 Å². The van der Waals surface area contributed by atoms with Crippen molar-refractivity contribution >= 4 is 5.97 Å². The van der Waals surface area contributed by atoms with E-state index in [9.17, 15) is 18.0 Å². The van der Waals surface area contributed by atoms with E-state index in [1.54, 1.807) is 14.0 Å². The summed E-state index contributed by atoms with van der Waals surface area (Å²) in [5.41, 5.74) is -0.165. The molecule has 6 heteroatoms. The van der Waals surface area contributed by atoms with Crippen LogP contribution in [0.1, 0.15) is 22.8 Å². The van der Waals surface area contributed by atoms with Crippen LogP contribution >= 0.6 is 0 Å². The third-order valence-electron chi connectivity index (χ3n) is 3.02. The normalized spacial score (nSPS) is 11.5. The first-order valence-electron chi connectivity index (χ1n) is 6.34. The van der Waals surface area contributed by atoms with E-state index in [0.717, 1.165) is 6.07 Å². The average Bonchev–Trinajstić information content (AvgIpc) is 2.80. The molecule has 1 aromatic heterocycles. The summed E-state index contributed by atoms with van der Waals surface area (Å²) >= 11 is 0. The van der Waals surface area contributed by atoms with Crippen LogP contribution in [0.2, 0.25) is 0 Å². The molecule has 0 aliphatic heterocycles. The van der Waals surface area contributed by atoms with Crippen LogP contribution < -0.4 is 0 Å². The van der Waals surface area contributed by atoms with E-state index in [4.69, 9.17) is 4.74 Å². The molecule has 0 saturated carbocycles. The van der Waals surface area contributed by atoms with Crippen LogP contribution in [0.4, 0.5) is 13.2 Å². The zero-order valence-corrected chi connectivity index (χ0v) is 11.6. The molecule has 0 unspecified atom stereocenters. The Morgan fingerprint density at radius 1 is 1.29 bits per heavy atom. The minimum Gasteiger partial charge on any atom is -0.462 e. The molecule has 0 bridgehead atoms. The zero-order valence-electron chi connectivity index (χ0n) is 11.6. The third-order valence-corrected chi connectivity index (χ3v) is 3.02. The number of alkyl halides is 3. The van der Waals surface area contributed by atoms with E-state index >= 15 is 0 Å². The fourth-order valence-electron chi connectivity index (χ4n) is 2.11. The minimum absolute atomic E-state index is 0.0306. The number of benzene rings is 1. The Hall–Kier alpha value is -2.24. The number of carbonyl (C=O) groups excluding carboxylic acids is 1. The molecular weight excluding hydrogens is 283 g/mol. The fraction of sp³-hybridized carbons (Fsp3) is 0.267. The van der Waals surface area contributed by atoms with Crippen molar-refractivity contribution in [1.29, 1.82) is 0 Å². The first-order valence-corrected chi connectivity index (χ1v) is 6.34. The van der Waals surface area contributed by atoms with Crippen LogP contribution in [0, 0.1) is 0 Å². The van der Waals surface area contributed by atoms with Gasteiger partial charge in [-0.25, -0.2) is 4.79 Å². The van der Waals surface area contributed by atoms with Gasteiger partial charge in [-0.1, -0.05) is 18.2 Å². The molecule has 2 aromatic rings. The maximum atomic E-state index is 13.1. The summed E-state index contributed by atoms with van der Waals surface area (Å²) in [6.07, 6.45) is -2.99. The van der Waals surface area contributed by atoms with Crippen molar-refractivity contribution in [2.75, 3.05) is 6.61 Å². The third kappa shape index (κ3) is 3.09. The quantitative estimate of drug-likeness (QED) is 0.805. The van der Waals surface area contributed by atoms with E-state index < -0.39 is 17.7 Å². The van der Waals surface area contributed by atoms with Crippen LogP contribution in [0.5, 0.6) is 0 Å². The van der Waals surface area contributed by atoms with Crippen LogP contribution in [-0.4, -0.2) is 17.1 Å². The Kier molecular flexibility index (Phi) is 4.06. The van der Waals surface area contributed by atoms with Crippen LogP contribution in [0.3, 0.4) is 0 Å². The largest absolute Gasteiger partial charge is 0.462 e. The Morgan fingerprint density at radius 2 is 1.95 bits per heavy atom. The summed E-state index contributed by atoms with van der Waals surface area (Å²) in [5.74, 6) is -0.552. The maximum Gasteiger partial charge on any atom is 0.417 e. The molecule has 0 N–H and O–H groups in total. The summed E-state index contributed by atoms with van der Waals surface area (Å²) < 4.78 is 45.5. The van der Waals surface area contributed by atoms with Gasteiger partial charge in [0.25, 0.3) is 0 Å². The van der Waals surface area contributed by atoms with Crippen LogP contribution in [-0.2, 0) is 18.0 Å². The van der Waals surface area contributed by atoms with Crippen molar-refractivity contribution in [3.8, 4) is 11.3 Å². The van der Waals surface area contributed by atoms with E-state index in [-0.39, 0.29) is 17.7 Å². The number of ether oxygens (including phenoxy) is 1. The number of halogens is 3. The molecule has 0 atom stereocenters. The molecule has 0 amide bonds. The number of hydrogen-bond donors (Lipinski definition) is 0. The van der Waals surface area contributed by atoms with Crippen molar-refractivity contribution in [3.63, 3.8) is 0 Å². The van der Waals surface area contributed by atoms with Gasteiger partial charge < -0.3 is 9.30 Å². The van der Waals surface area contributed by atoms with Gasteiger partial charge in [0.05, 0.1) is 17.7 Å². The summed E-state index contributed by atoms with van der Waals surface area (Å²) in [7, 11) is 1.59. The standard InChI is InChI=1S/C15H14F3NO2/c1-3-21-14(20)10-8-13(19(2)9-10)11-6-4-5-7-12(11)15(16,17)18/h4-9H,3H2,1-2H3. The molecule has 21 heavy (non-hydrogen) atoms. The second-order valence-corrected chi connectivity index (χ2v) is 4.49. The topological polar surface area (TPSA) is 31.2 Å². The lowest BCUT2D eigenvalue weighted by atomic mass is 10.0. The van der Waals surface area contributed by atoms with Crippen molar-refractivity contribution in [2.45, 2.75) is 13.1 Å². The number of esters is 1. The zero-order chi connectivity index (χ0) is 15.6. The molecule has 3 nitrogen and oxygen atoms in total. The summed E-state index contributed by atoms with van der Waals surface area (Å²) in [4.78, 5) is 11.7. The molecule has 1 aromatic carbocycles. The van der Waals surface area contributed by atoms with Crippen molar-refractivity contribution in [1.82, 2.24) is 4.57 Å². The molecule has 0 radical (unpaired) electrons. The highest BCUT2D eigenvalue weighted by Gasteiger charge is 2.34. The van der Waals surface area contributed by atoms with Crippen molar-refractivity contribution in [3.05, 3.63) is 47.7 Å². The number of rotatable bonds is 3. The van der Waals surface area contributed by atoms with Crippen molar-refractivity contribution in [2.24, 2.45) is 7.05 Å². The van der Waals surface area contributed by atoms with Gasteiger partial charge in [0.15, 0.2) is 0 Å². The molecule has 0 aliphatic carbocycles. The maximum absolute atomic E-state index is 13.1.